The number of hydrogen-bond donors (Lipinski definition) is 2. The molecule has 0 aliphatic rings. The molecule has 0 aliphatic carbocycles. The Balaban J connectivity index is 1.32. The van der Waals surface area contributed by atoms with Gasteiger partial charge in [-0.25, -0.2) is 4.98 Å². The van der Waals surface area contributed by atoms with Crippen molar-refractivity contribution in [1.29, 1.82) is 0 Å². The minimum atomic E-state index is -4.73. The maximum Gasteiger partial charge on any atom is 0.573 e. The number of fused-ring (bicyclic) bond motifs is 3. The molecular weight excluding hydrogens is 519 g/mol. The Kier molecular flexibility index (Phi) is 6.57. The first-order chi connectivity index (χ1) is 17.7. The summed E-state index contributed by atoms with van der Waals surface area (Å²) in [5, 5.41) is 8.81. The molecule has 11 heteroatoms. The quantitative estimate of drug-likeness (QED) is 0.142. The summed E-state index contributed by atoms with van der Waals surface area (Å²) < 4.78 is 44.2. The predicted molar refractivity (Wildman–Crippen MR) is 146 cm³/mol. The number of ether oxygens (including phenoxy) is 1. The van der Waals surface area contributed by atoms with E-state index in [4.69, 9.17) is 12.2 Å². The average molecular weight is 540 g/mol. The zero-order valence-electron chi connectivity index (χ0n) is 19.6. The fraction of sp³-hybridized carbons (Fsp3) is 0.115. The molecule has 37 heavy (non-hydrogen) atoms. The van der Waals surface area contributed by atoms with E-state index in [1.807, 2.05) is 54.8 Å². The van der Waals surface area contributed by atoms with E-state index in [9.17, 15) is 13.2 Å². The zero-order valence-corrected chi connectivity index (χ0v) is 21.3. The molecule has 0 saturated carbocycles. The van der Waals surface area contributed by atoms with Crippen molar-refractivity contribution in [3.05, 3.63) is 83.7 Å². The molecule has 5 aromatic rings. The second-order valence-electron chi connectivity index (χ2n) is 8.26. The van der Waals surface area contributed by atoms with Crippen molar-refractivity contribution in [3.8, 4) is 11.4 Å². The molecule has 188 valence electrons. The number of rotatable bonds is 5. The summed E-state index contributed by atoms with van der Waals surface area (Å²) in [6.07, 6.45) is -1.39. The van der Waals surface area contributed by atoms with E-state index in [0.717, 1.165) is 42.8 Å². The molecule has 0 spiro atoms. The summed E-state index contributed by atoms with van der Waals surface area (Å²) in [4.78, 5) is 5.41. The van der Waals surface area contributed by atoms with Crippen molar-refractivity contribution < 1.29 is 17.9 Å². The van der Waals surface area contributed by atoms with Crippen LogP contribution in [0.25, 0.3) is 26.1 Å². The lowest BCUT2D eigenvalue weighted by Gasteiger charge is -2.12. The highest BCUT2D eigenvalue weighted by Gasteiger charge is 2.31. The number of imidazole rings is 1. The van der Waals surface area contributed by atoms with E-state index in [2.05, 4.69) is 25.6 Å². The first-order valence-corrected chi connectivity index (χ1v) is 12.3. The average Bonchev–Trinajstić information content (AvgIpc) is 3.40. The number of para-hydroxylation sites is 1. The minimum absolute atomic E-state index is 0.273. The minimum Gasteiger partial charge on any atom is -0.406 e. The van der Waals surface area contributed by atoms with E-state index in [-0.39, 0.29) is 5.75 Å². The number of thiophene rings is 1. The molecule has 6 nitrogen and oxygen atoms in total. The maximum atomic E-state index is 12.5. The fourth-order valence-corrected chi connectivity index (χ4v) is 5.28. The first kappa shape index (κ1) is 24.7. The summed E-state index contributed by atoms with van der Waals surface area (Å²) in [7, 11) is 0. The molecule has 0 bridgehead atoms. The van der Waals surface area contributed by atoms with Gasteiger partial charge in [-0.2, -0.15) is 5.10 Å². The molecule has 5 rings (SSSR count). The van der Waals surface area contributed by atoms with Crippen molar-refractivity contribution in [2.24, 2.45) is 5.10 Å². The molecule has 0 unspecified atom stereocenters. The first-order valence-electron chi connectivity index (χ1n) is 11.1. The van der Waals surface area contributed by atoms with Gasteiger partial charge in [-0.15, -0.1) is 24.5 Å². The zero-order chi connectivity index (χ0) is 26.2. The van der Waals surface area contributed by atoms with Gasteiger partial charge in [0, 0.05) is 21.5 Å². The Morgan fingerprint density at radius 1 is 1.08 bits per heavy atom. The number of halogens is 3. The summed E-state index contributed by atoms with van der Waals surface area (Å²) in [5.41, 5.74) is 8.35. The van der Waals surface area contributed by atoms with Gasteiger partial charge in [0.15, 0.2) is 5.11 Å². The van der Waals surface area contributed by atoms with Gasteiger partial charge in [-0.05, 0) is 73.1 Å². The third kappa shape index (κ3) is 5.42. The van der Waals surface area contributed by atoms with Crippen LogP contribution in [0, 0.1) is 13.8 Å². The van der Waals surface area contributed by atoms with Crippen LogP contribution in [0.5, 0.6) is 5.75 Å². The monoisotopic (exact) mass is 539 g/mol. The number of alkyl halides is 3. The lowest BCUT2D eigenvalue weighted by Crippen LogP contribution is -2.24. The van der Waals surface area contributed by atoms with Crippen LogP contribution in [0.15, 0.2) is 72.1 Å². The normalized spacial score (nSPS) is 11.9. The van der Waals surface area contributed by atoms with Gasteiger partial charge in [-0.3, -0.25) is 9.99 Å². The van der Waals surface area contributed by atoms with Gasteiger partial charge < -0.3 is 10.1 Å². The number of benzene rings is 3. The molecule has 2 heterocycles. The maximum absolute atomic E-state index is 12.5. The van der Waals surface area contributed by atoms with E-state index in [1.165, 1.54) is 23.5 Å². The largest absolute Gasteiger partial charge is 0.573 e. The second kappa shape index (κ2) is 9.83. The van der Waals surface area contributed by atoms with Crippen LogP contribution in [0.2, 0.25) is 0 Å². The molecule has 0 saturated heterocycles. The third-order valence-corrected chi connectivity index (χ3v) is 6.97. The van der Waals surface area contributed by atoms with Crippen molar-refractivity contribution in [3.63, 3.8) is 0 Å². The van der Waals surface area contributed by atoms with Crippen LogP contribution in [0.4, 0.5) is 18.9 Å². The predicted octanol–water partition coefficient (Wildman–Crippen LogP) is 7.08. The van der Waals surface area contributed by atoms with E-state index in [1.54, 1.807) is 24.7 Å². The van der Waals surface area contributed by atoms with Gasteiger partial charge in [0.1, 0.15) is 22.4 Å². The number of nitrogens with one attached hydrogen (secondary N) is 2. The fourth-order valence-electron chi connectivity index (χ4n) is 3.93. The number of anilines is 1. The van der Waals surface area contributed by atoms with E-state index in [0.29, 0.717) is 10.8 Å². The summed E-state index contributed by atoms with van der Waals surface area (Å²) in [6, 6.07) is 17.6. The van der Waals surface area contributed by atoms with Gasteiger partial charge in [-0.1, -0.05) is 30.3 Å². The number of hydrogen-bond acceptors (Lipinski definition) is 5. The Hall–Kier alpha value is -3.96. The van der Waals surface area contributed by atoms with Crippen molar-refractivity contribution in [2.45, 2.75) is 20.2 Å². The SMILES string of the molecule is Cc1cccc(C)c1NC(=S)N/N=C/c1ccc2c(c1)sc1c2ncn1-c1ccc(OC(F)(F)F)cc1. The molecule has 0 radical (unpaired) electrons. The third-order valence-electron chi connectivity index (χ3n) is 5.64. The Labute approximate surface area is 219 Å². The van der Waals surface area contributed by atoms with Crippen LogP contribution < -0.4 is 15.5 Å². The lowest BCUT2D eigenvalue weighted by molar-refractivity contribution is -0.274. The molecule has 2 N–H and O–H groups in total. The summed E-state index contributed by atoms with van der Waals surface area (Å²) >= 11 is 6.90. The Morgan fingerprint density at radius 2 is 1.81 bits per heavy atom. The van der Waals surface area contributed by atoms with Gasteiger partial charge >= 0.3 is 6.36 Å². The molecule has 2 aromatic heterocycles. The highest BCUT2D eigenvalue weighted by molar-refractivity contribution is 7.80. The molecular formula is C26H20F3N5OS2. The number of aryl methyl sites for hydroxylation is 2. The summed E-state index contributed by atoms with van der Waals surface area (Å²) in [5.74, 6) is -0.273. The lowest BCUT2D eigenvalue weighted by atomic mass is 10.1. The highest BCUT2D eigenvalue weighted by Crippen LogP contribution is 2.35. The molecule has 3 aromatic carbocycles. The smallest absolute Gasteiger partial charge is 0.406 e. The van der Waals surface area contributed by atoms with Gasteiger partial charge in [0.2, 0.25) is 0 Å². The molecule has 0 aliphatic heterocycles. The number of hydrazone groups is 1. The molecule has 0 atom stereocenters. The summed E-state index contributed by atoms with van der Waals surface area (Å²) in [6.45, 7) is 4.02. The Bertz CT molecular complexity index is 1620. The van der Waals surface area contributed by atoms with Gasteiger partial charge in [0.25, 0.3) is 0 Å². The number of aromatic nitrogens is 2. The standard InChI is InChI=1S/C26H20F3N5OS2/c1-15-4-3-5-16(2)22(15)32-25(36)33-31-13-17-6-11-20-21(12-17)37-24-23(20)30-14-34(24)18-7-9-19(10-8-18)35-26(27,28)29/h3-14H,1-2H3,(H2,32,33,36)/b31-13+. The van der Waals surface area contributed by atoms with E-state index < -0.39 is 6.36 Å². The topological polar surface area (TPSA) is 63.5 Å². The van der Waals surface area contributed by atoms with Crippen LogP contribution in [-0.4, -0.2) is 27.2 Å². The number of nitrogens with zero attached hydrogens (tertiary/aromatic N) is 3. The molecule has 0 amide bonds. The van der Waals surface area contributed by atoms with Crippen LogP contribution in [0.3, 0.4) is 0 Å². The van der Waals surface area contributed by atoms with Crippen molar-refractivity contribution in [1.82, 2.24) is 15.0 Å². The van der Waals surface area contributed by atoms with Gasteiger partial charge in [0.05, 0.1) is 6.21 Å². The van der Waals surface area contributed by atoms with E-state index >= 15 is 0 Å². The van der Waals surface area contributed by atoms with Crippen LogP contribution >= 0.6 is 23.6 Å². The second-order valence-corrected chi connectivity index (χ2v) is 9.70. The highest BCUT2D eigenvalue weighted by atomic mass is 32.1. The number of thiocarbonyl (C=S) groups is 1. The van der Waals surface area contributed by atoms with Crippen LogP contribution in [0.1, 0.15) is 16.7 Å². The van der Waals surface area contributed by atoms with Crippen molar-refractivity contribution >= 4 is 61.0 Å². The molecule has 0 fully saturated rings. The van der Waals surface area contributed by atoms with Crippen LogP contribution in [-0.2, 0) is 0 Å². The van der Waals surface area contributed by atoms with Crippen molar-refractivity contribution in [2.75, 3.05) is 5.32 Å². The Morgan fingerprint density at radius 3 is 2.51 bits per heavy atom.